The summed E-state index contributed by atoms with van der Waals surface area (Å²) in [7, 11) is -1.58. The highest BCUT2D eigenvalue weighted by atomic mass is 32.2. The number of sulfone groups is 1. The maximum absolute atomic E-state index is 12.4. The van der Waals surface area contributed by atoms with Crippen LogP contribution in [0.2, 0.25) is 0 Å². The average molecular weight is 445 g/mol. The molecule has 1 saturated heterocycles. The van der Waals surface area contributed by atoms with Gasteiger partial charge in [0, 0.05) is 45.0 Å². The molecule has 1 aliphatic heterocycles. The molecule has 168 valence electrons. The smallest absolute Gasteiger partial charge is 0.194 e. The van der Waals surface area contributed by atoms with Crippen molar-refractivity contribution in [2.24, 2.45) is 4.99 Å². The van der Waals surface area contributed by atoms with Crippen molar-refractivity contribution in [3.63, 3.8) is 0 Å². The molecule has 31 heavy (non-hydrogen) atoms. The van der Waals surface area contributed by atoms with E-state index in [0.717, 1.165) is 44.4 Å². The van der Waals surface area contributed by atoms with E-state index >= 15 is 0 Å². The SMILES string of the molecule is CCNC(=NCCCS(=O)(=O)c1ccccc1)N1CCN(c2ccc(OC)cc2)CC1. The molecule has 3 rings (SSSR count). The van der Waals surface area contributed by atoms with Gasteiger partial charge in [0.2, 0.25) is 0 Å². The van der Waals surface area contributed by atoms with Crippen LogP contribution >= 0.6 is 0 Å². The number of rotatable bonds is 8. The molecule has 0 unspecified atom stereocenters. The van der Waals surface area contributed by atoms with Crippen molar-refractivity contribution in [1.82, 2.24) is 10.2 Å². The van der Waals surface area contributed by atoms with Gasteiger partial charge in [-0.15, -0.1) is 0 Å². The fourth-order valence-electron chi connectivity index (χ4n) is 3.58. The van der Waals surface area contributed by atoms with Crippen molar-refractivity contribution in [3.8, 4) is 5.75 Å². The van der Waals surface area contributed by atoms with Crippen LogP contribution < -0.4 is 15.0 Å². The third-order valence-electron chi connectivity index (χ3n) is 5.29. The van der Waals surface area contributed by atoms with Gasteiger partial charge in [0.1, 0.15) is 5.75 Å². The fourth-order valence-corrected chi connectivity index (χ4v) is 4.90. The van der Waals surface area contributed by atoms with E-state index in [0.29, 0.717) is 17.9 Å². The second kappa shape index (κ2) is 11.0. The molecule has 0 radical (unpaired) electrons. The van der Waals surface area contributed by atoms with Gasteiger partial charge in [0.25, 0.3) is 0 Å². The largest absolute Gasteiger partial charge is 0.497 e. The van der Waals surface area contributed by atoms with Crippen LogP contribution in [0.3, 0.4) is 0 Å². The molecule has 1 heterocycles. The molecule has 1 aliphatic rings. The summed E-state index contributed by atoms with van der Waals surface area (Å²) in [6.07, 6.45) is 0.498. The topological polar surface area (TPSA) is 74.2 Å². The lowest BCUT2D eigenvalue weighted by Crippen LogP contribution is -2.52. The van der Waals surface area contributed by atoms with Crippen LogP contribution in [0, 0.1) is 0 Å². The van der Waals surface area contributed by atoms with Crippen LogP contribution in [0.15, 0.2) is 64.5 Å². The fraction of sp³-hybridized carbons (Fsp3) is 0.435. The van der Waals surface area contributed by atoms with E-state index in [-0.39, 0.29) is 5.75 Å². The Morgan fingerprint density at radius 1 is 1.03 bits per heavy atom. The predicted molar refractivity (Wildman–Crippen MR) is 126 cm³/mol. The quantitative estimate of drug-likeness (QED) is 0.383. The van der Waals surface area contributed by atoms with Crippen LogP contribution in [0.1, 0.15) is 13.3 Å². The van der Waals surface area contributed by atoms with Gasteiger partial charge in [0.15, 0.2) is 15.8 Å². The highest BCUT2D eigenvalue weighted by molar-refractivity contribution is 7.91. The molecular weight excluding hydrogens is 412 g/mol. The van der Waals surface area contributed by atoms with Crippen molar-refractivity contribution in [3.05, 3.63) is 54.6 Å². The van der Waals surface area contributed by atoms with Gasteiger partial charge in [-0.1, -0.05) is 18.2 Å². The summed E-state index contributed by atoms with van der Waals surface area (Å²) in [5.41, 5.74) is 1.19. The number of aliphatic imine (C=N–C) groups is 1. The summed E-state index contributed by atoms with van der Waals surface area (Å²) in [6.45, 7) is 6.83. The summed E-state index contributed by atoms with van der Waals surface area (Å²) in [5.74, 6) is 1.82. The molecule has 0 aliphatic carbocycles. The van der Waals surface area contributed by atoms with Gasteiger partial charge in [-0.05, 0) is 49.7 Å². The minimum atomic E-state index is -3.26. The van der Waals surface area contributed by atoms with Gasteiger partial charge in [-0.2, -0.15) is 0 Å². The molecule has 0 atom stereocenters. The number of hydrogen-bond donors (Lipinski definition) is 1. The first-order valence-electron chi connectivity index (χ1n) is 10.7. The standard InChI is InChI=1S/C23H32N4O3S/c1-3-24-23(25-14-7-19-31(28,29)22-8-5-4-6-9-22)27-17-15-26(16-18-27)20-10-12-21(30-2)13-11-20/h4-6,8-13H,3,7,14-19H2,1-2H3,(H,24,25). The minimum absolute atomic E-state index is 0.102. The number of anilines is 1. The van der Waals surface area contributed by atoms with E-state index in [1.54, 1.807) is 31.4 Å². The third kappa shape index (κ3) is 6.37. The summed E-state index contributed by atoms with van der Waals surface area (Å²) in [6, 6.07) is 16.7. The molecular formula is C23H32N4O3S. The van der Waals surface area contributed by atoms with E-state index in [4.69, 9.17) is 4.74 Å². The van der Waals surface area contributed by atoms with E-state index < -0.39 is 9.84 Å². The zero-order chi connectivity index (χ0) is 22.1. The summed E-state index contributed by atoms with van der Waals surface area (Å²) >= 11 is 0. The van der Waals surface area contributed by atoms with Crippen LogP contribution in [0.25, 0.3) is 0 Å². The van der Waals surface area contributed by atoms with E-state index in [2.05, 4.69) is 32.2 Å². The van der Waals surface area contributed by atoms with Gasteiger partial charge in [-0.3, -0.25) is 4.99 Å². The van der Waals surface area contributed by atoms with Gasteiger partial charge in [-0.25, -0.2) is 8.42 Å². The summed E-state index contributed by atoms with van der Waals surface area (Å²) in [4.78, 5) is 9.66. The van der Waals surface area contributed by atoms with E-state index in [9.17, 15) is 8.42 Å². The lowest BCUT2D eigenvalue weighted by Gasteiger charge is -2.37. The van der Waals surface area contributed by atoms with Crippen LogP contribution in [-0.4, -0.2) is 71.4 Å². The van der Waals surface area contributed by atoms with Crippen LogP contribution in [0.5, 0.6) is 5.75 Å². The Balaban J connectivity index is 1.52. The summed E-state index contributed by atoms with van der Waals surface area (Å²) in [5, 5.41) is 3.34. The Labute approximate surface area is 185 Å². The predicted octanol–water partition coefficient (Wildman–Crippen LogP) is 2.65. The van der Waals surface area contributed by atoms with Crippen molar-refractivity contribution >= 4 is 21.5 Å². The number of nitrogens with zero attached hydrogens (tertiary/aromatic N) is 3. The molecule has 0 bridgehead atoms. The molecule has 0 saturated carbocycles. The minimum Gasteiger partial charge on any atom is -0.497 e. The third-order valence-corrected chi connectivity index (χ3v) is 7.10. The first-order chi connectivity index (χ1) is 15.0. The number of piperazine rings is 1. The molecule has 0 amide bonds. The number of hydrogen-bond acceptors (Lipinski definition) is 5. The second-order valence-corrected chi connectivity index (χ2v) is 9.50. The molecule has 0 spiro atoms. The molecule has 1 N–H and O–H groups in total. The summed E-state index contributed by atoms with van der Waals surface area (Å²) < 4.78 is 30.1. The molecule has 2 aromatic rings. The van der Waals surface area contributed by atoms with Gasteiger partial charge >= 0.3 is 0 Å². The van der Waals surface area contributed by atoms with Crippen molar-refractivity contribution < 1.29 is 13.2 Å². The zero-order valence-electron chi connectivity index (χ0n) is 18.3. The lowest BCUT2D eigenvalue weighted by molar-refractivity contribution is 0.372. The van der Waals surface area contributed by atoms with Crippen LogP contribution in [0.4, 0.5) is 5.69 Å². The molecule has 7 nitrogen and oxygen atoms in total. The number of guanidine groups is 1. The first-order valence-corrected chi connectivity index (χ1v) is 12.4. The second-order valence-electron chi connectivity index (χ2n) is 7.39. The Kier molecular flexibility index (Phi) is 8.17. The maximum Gasteiger partial charge on any atom is 0.194 e. The van der Waals surface area contributed by atoms with Crippen molar-refractivity contribution in [1.29, 1.82) is 0 Å². The maximum atomic E-state index is 12.4. The van der Waals surface area contributed by atoms with Gasteiger partial charge in [0.05, 0.1) is 17.8 Å². The van der Waals surface area contributed by atoms with Crippen molar-refractivity contribution in [2.45, 2.75) is 18.2 Å². The Bertz CT molecular complexity index is 939. The first kappa shape index (κ1) is 22.9. The monoisotopic (exact) mass is 444 g/mol. The van der Waals surface area contributed by atoms with E-state index in [1.807, 2.05) is 25.1 Å². The number of ether oxygens (including phenoxy) is 1. The number of benzene rings is 2. The Hall–Kier alpha value is -2.74. The zero-order valence-corrected chi connectivity index (χ0v) is 19.1. The Morgan fingerprint density at radius 3 is 2.32 bits per heavy atom. The number of methoxy groups -OCH3 is 1. The van der Waals surface area contributed by atoms with E-state index in [1.165, 1.54) is 5.69 Å². The van der Waals surface area contributed by atoms with Crippen molar-refractivity contribution in [2.75, 3.05) is 57.0 Å². The molecule has 0 aromatic heterocycles. The Morgan fingerprint density at radius 2 is 1.71 bits per heavy atom. The van der Waals surface area contributed by atoms with Gasteiger partial charge < -0.3 is 19.9 Å². The lowest BCUT2D eigenvalue weighted by atomic mass is 10.2. The highest BCUT2D eigenvalue weighted by Gasteiger charge is 2.20. The number of nitrogens with one attached hydrogen (secondary N) is 1. The molecule has 1 fully saturated rings. The highest BCUT2D eigenvalue weighted by Crippen LogP contribution is 2.20. The average Bonchev–Trinajstić information content (AvgIpc) is 2.82. The molecule has 2 aromatic carbocycles. The molecule has 8 heteroatoms. The normalized spacial score (nSPS) is 15.1. The van der Waals surface area contributed by atoms with Crippen LogP contribution in [-0.2, 0) is 9.84 Å².